The molecule has 0 spiro atoms. The molecule has 1 atom stereocenters. The van der Waals surface area contributed by atoms with Gasteiger partial charge in [0, 0.05) is 11.6 Å². The van der Waals surface area contributed by atoms with Gasteiger partial charge in [0.2, 0.25) is 0 Å². The first-order chi connectivity index (χ1) is 9.63. The Morgan fingerprint density at radius 2 is 2.20 bits per heavy atom. The predicted molar refractivity (Wildman–Crippen MR) is 81.5 cm³/mol. The number of hydrogen-bond donors (Lipinski definition) is 1. The number of aryl methyl sites for hydroxylation is 1. The largest absolute Gasteiger partial charge is 0.493 e. The molecule has 0 aliphatic carbocycles. The average Bonchev–Trinajstić information content (AvgIpc) is 2.87. The fourth-order valence-electron chi connectivity index (χ4n) is 2.45. The zero-order chi connectivity index (χ0) is 14.7. The second-order valence-corrected chi connectivity index (χ2v) is 5.00. The fraction of sp³-hybridized carbons (Fsp3) is 0.400. The number of nitrogens with one attached hydrogen (secondary N) is 1. The molecule has 2 aromatic rings. The van der Waals surface area contributed by atoms with Crippen molar-refractivity contribution < 1.29 is 4.74 Å². The maximum atomic E-state index is 6.24. The van der Waals surface area contributed by atoms with E-state index in [0.29, 0.717) is 0 Å². The summed E-state index contributed by atoms with van der Waals surface area (Å²) in [5.41, 5.74) is 3.22. The highest BCUT2D eigenvalue weighted by Gasteiger charge is 2.23. The molecule has 0 radical (unpaired) electrons. The zero-order valence-electron chi connectivity index (χ0n) is 12.3. The van der Waals surface area contributed by atoms with E-state index in [4.69, 9.17) is 16.3 Å². The van der Waals surface area contributed by atoms with E-state index in [1.54, 1.807) is 13.3 Å². The van der Waals surface area contributed by atoms with E-state index in [-0.39, 0.29) is 6.04 Å². The molecule has 0 fully saturated rings. The van der Waals surface area contributed by atoms with Crippen molar-refractivity contribution in [1.29, 1.82) is 0 Å². The van der Waals surface area contributed by atoms with Crippen molar-refractivity contribution in [2.75, 3.05) is 14.2 Å². The number of hydrogen-bond acceptors (Lipinski definition) is 3. The number of halogens is 1. The molecule has 108 valence electrons. The number of methoxy groups -OCH3 is 1. The Bertz CT molecular complexity index is 573. The van der Waals surface area contributed by atoms with E-state index in [2.05, 4.69) is 23.4 Å². The van der Waals surface area contributed by atoms with Gasteiger partial charge in [0.15, 0.2) is 5.75 Å². The second kappa shape index (κ2) is 6.29. The van der Waals surface area contributed by atoms with E-state index >= 15 is 0 Å². The Hall–Kier alpha value is -1.52. The summed E-state index contributed by atoms with van der Waals surface area (Å²) in [7, 11) is 3.59. The van der Waals surface area contributed by atoms with Crippen LogP contribution in [0.3, 0.4) is 0 Å². The Morgan fingerprint density at radius 1 is 1.45 bits per heavy atom. The molecule has 0 aliphatic heterocycles. The molecule has 1 heterocycles. The van der Waals surface area contributed by atoms with Crippen LogP contribution in [0.5, 0.6) is 5.75 Å². The van der Waals surface area contributed by atoms with Crippen molar-refractivity contribution >= 4 is 11.6 Å². The zero-order valence-corrected chi connectivity index (χ0v) is 13.0. The highest BCUT2D eigenvalue weighted by atomic mass is 35.5. The van der Waals surface area contributed by atoms with Gasteiger partial charge in [-0.05, 0) is 38.1 Å². The van der Waals surface area contributed by atoms with E-state index in [1.807, 2.05) is 30.8 Å². The Kier molecular flexibility index (Phi) is 4.68. The minimum atomic E-state index is -0.00824. The third kappa shape index (κ3) is 2.53. The molecule has 1 unspecified atom stereocenters. The summed E-state index contributed by atoms with van der Waals surface area (Å²) in [5, 5.41) is 8.48. The van der Waals surface area contributed by atoms with Crippen LogP contribution in [-0.2, 0) is 6.54 Å². The van der Waals surface area contributed by atoms with Crippen molar-refractivity contribution in [2.45, 2.75) is 26.4 Å². The normalized spacial score (nSPS) is 12.4. The van der Waals surface area contributed by atoms with Gasteiger partial charge < -0.3 is 10.1 Å². The van der Waals surface area contributed by atoms with Gasteiger partial charge in [-0.3, -0.25) is 4.68 Å². The van der Waals surface area contributed by atoms with E-state index in [0.717, 1.165) is 34.1 Å². The summed E-state index contributed by atoms with van der Waals surface area (Å²) in [6.45, 7) is 4.88. The van der Waals surface area contributed by atoms with Crippen molar-refractivity contribution in [2.24, 2.45) is 0 Å². The Morgan fingerprint density at radius 3 is 2.80 bits per heavy atom. The monoisotopic (exact) mass is 293 g/mol. The van der Waals surface area contributed by atoms with Crippen LogP contribution in [0.1, 0.15) is 29.8 Å². The van der Waals surface area contributed by atoms with Gasteiger partial charge in [-0.15, -0.1) is 0 Å². The van der Waals surface area contributed by atoms with Crippen LogP contribution in [0.2, 0.25) is 5.02 Å². The van der Waals surface area contributed by atoms with Gasteiger partial charge >= 0.3 is 0 Å². The van der Waals surface area contributed by atoms with E-state index < -0.39 is 0 Å². The summed E-state index contributed by atoms with van der Waals surface area (Å²) >= 11 is 6.24. The summed E-state index contributed by atoms with van der Waals surface area (Å²) in [5.74, 6) is 0.783. The number of rotatable bonds is 5. The molecule has 2 rings (SSSR count). The number of ether oxygens (including phenoxy) is 1. The van der Waals surface area contributed by atoms with Gasteiger partial charge in [-0.2, -0.15) is 5.10 Å². The first kappa shape index (κ1) is 14.9. The lowest BCUT2D eigenvalue weighted by Gasteiger charge is -2.21. The van der Waals surface area contributed by atoms with Gasteiger partial charge in [0.05, 0.1) is 19.3 Å². The average molecular weight is 294 g/mol. The van der Waals surface area contributed by atoms with Crippen LogP contribution in [0, 0.1) is 6.92 Å². The summed E-state index contributed by atoms with van der Waals surface area (Å²) in [4.78, 5) is 0. The molecule has 0 amide bonds. The van der Waals surface area contributed by atoms with Gasteiger partial charge in [0.1, 0.15) is 5.69 Å². The lowest BCUT2D eigenvalue weighted by molar-refractivity contribution is 0.401. The molecule has 1 aromatic carbocycles. The summed E-state index contributed by atoms with van der Waals surface area (Å²) < 4.78 is 7.39. The quantitative estimate of drug-likeness (QED) is 0.920. The SMILES string of the molecule is CCn1ncc(OC)c1C(NC)c1cccc(Cl)c1C. The van der Waals surface area contributed by atoms with Crippen molar-refractivity contribution in [3.8, 4) is 5.75 Å². The highest BCUT2D eigenvalue weighted by molar-refractivity contribution is 6.31. The van der Waals surface area contributed by atoms with E-state index in [9.17, 15) is 0 Å². The lowest BCUT2D eigenvalue weighted by Crippen LogP contribution is -2.23. The first-order valence-corrected chi connectivity index (χ1v) is 7.03. The van der Waals surface area contributed by atoms with Crippen LogP contribution < -0.4 is 10.1 Å². The van der Waals surface area contributed by atoms with Crippen LogP contribution in [0.15, 0.2) is 24.4 Å². The Balaban J connectivity index is 2.58. The van der Waals surface area contributed by atoms with E-state index in [1.165, 1.54) is 0 Å². The molecule has 0 bridgehead atoms. The van der Waals surface area contributed by atoms with Crippen LogP contribution in [0.25, 0.3) is 0 Å². The molecule has 1 N–H and O–H groups in total. The predicted octanol–water partition coefficient (Wildman–Crippen LogP) is 3.18. The number of aromatic nitrogens is 2. The molecule has 5 heteroatoms. The molecule has 20 heavy (non-hydrogen) atoms. The lowest BCUT2D eigenvalue weighted by atomic mass is 9.98. The number of nitrogens with zero attached hydrogens (tertiary/aromatic N) is 2. The van der Waals surface area contributed by atoms with Crippen molar-refractivity contribution in [3.63, 3.8) is 0 Å². The molecule has 0 aliphatic rings. The molecule has 0 saturated carbocycles. The van der Waals surface area contributed by atoms with Gasteiger partial charge in [-0.1, -0.05) is 23.7 Å². The summed E-state index contributed by atoms with van der Waals surface area (Å²) in [6.07, 6.45) is 1.75. The van der Waals surface area contributed by atoms with Crippen molar-refractivity contribution in [3.05, 3.63) is 46.2 Å². The molecular weight excluding hydrogens is 274 g/mol. The van der Waals surface area contributed by atoms with Crippen molar-refractivity contribution in [1.82, 2.24) is 15.1 Å². The topological polar surface area (TPSA) is 39.1 Å². The maximum Gasteiger partial charge on any atom is 0.161 e. The molecule has 4 nitrogen and oxygen atoms in total. The third-order valence-electron chi connectivity index (χ3n) is 3.55. The maximum absolute atomic E-state index is 6.24. The Labute approximate surface area is 124 Å². The fourth-order valence-corrected chi connectivity index (χ4v) is 2.64. The van der Waals surface area contributed by atoms with Gasteiger partial charge in [0.25, 0.3) is 0 Å². The minimum Gasteiger partial charge on any atom is -0.493 e. The second-order valence-electron chi connectivity index (χ2n) is 4.59. The molecule has 0 saturated heterocycles. The standard InChI is InChI=1S/C15H20ClN3O/c1-5-19-15(13(20-4)9-18-19)14(17-3)11-7-6-8-12(16)10(11)2/h6-9,14,17H,5H2,1-4H3. The van der Waals surface area contributed by atoms with Gasteiger partial charge in [-0.25, -0.2) is 0 Å². The molecule has 1 aromatic heterocycles. The first-order valence-electron chi connectivity index (χ1n) is 6.66. The highest BCUT2D eigenvalue weighted by Crippen LogP contribution is 2.33. The third-order valence-corrected chi connectivity index (χ3v) is 3.96. The number of benzene rings is 1. The van der Waals surface area contributed by atoms with Crippen LogP contribution >= 0.6 is 11.6 Å². The van der Waals surface area contributed by atoms with Crippen LogP contribution in [-0.4, -0.2) is 23.9 Å². The summed E-state index contributed by atoms with van der Waals surface area (Å²) in [6, 6.07) is 5.94. The molecular formula is C15H20ClN3O. The minimum absolute atomic E-state index is 0.00824. The van der Waals surface area contributed by atoms with Crippen LogP contribution in [0.4, 0.5) is 0 Å². The smallest absolute Gasteiger partial charge is 0.161 e.